The Morgan fingerprint density at radius 2 is 1.92 bits per heavy atom. The molecule has 1 aromatic carbocycles. The van der Waals surface area contributed by atoms with Crippen LogP contribution in [0, 0.1) is 5.92 Å². The van der Waals surface area contributed by atoms with Gasteiger partial charge in [0.15, 0.2) is 0 Å². The second kappa shape index (κ2) is 6.23. The van der Waals surface area contributed by atoms with E-state index in [1.165, 1.54) is 11.1 Å². The molecule has 1 atom stereocenters. The van der Waals surface area contributed by atoms with Crippen LogP contribution in [0.4, 0.5) is 0 Å². The molecule has 0 radical (unpaired) electrons. The summed E-state index contributed by atoms with van der Waals surface area (Å²) in [6, 6.07) is 8.37. The maximum Gasteiger partial charge on any atom is 0.242 e. The van der Waals surface area contributed by atoms with Crippen molar-refractivity contribution in [2.45, 2.75) is 52.0 Å². The zero-order valence-corrected chi connectivity index (χ0v) is 15.2. The number of nitrogens with zero attached hydrogens (tertiary/aromatic N) is 2. The van der Waals surface area contributed by atoms with Gasteiger partial charge in [0.25, 0.3) is 0 Å². The Bertz CT molecular complexity index is 649. The molecule has 0 N–H and O–H groups in total. The molecule has 2 aliphatic rings. The standard InChI is InChI=1S/C20H28N2O2/c1-5-14(6-2)19(24)21-11-17-15-9-7-8-10-16(15)20(3,4)13-22(17)18(23)12-21/h7-10,14,17H,5-6,11-13H2,1-4H3. The third-order valence-electron chi connectivity index (χ3n) is 5.68. The summed E-state index contributed by atoms with van der Waals surface area (Å²) < 4.78 is 0. The lowest BCUT2D eigenvalue weighted by Crippen LogP contribution is -2.59. The first kappa shape index (κ1) is 17.0. The highest BCUT2D eigenvalue weighted by Gasteiger charge is 2.44. The van der Waals surface area contributed by atoms with Crippen LogP contribution in [0.2, 0.25) is 0 Å². The van der Waals surface area contributed by atoms with E-state index in [1.807, 2.05) is 24.8 Å². The number of hydrogen-bond donors (Lipinski definition) is 0. The topological polar surface area (TPSA) is 40.6 Å². The highest BCUT2D eigenvalue weighted by Crippen LogP contribution is 2.41. The van der Waals surface area contributed by atoms with E-state index in [-0.39, 0.29) is 35.7 Å². The Morgan fingerprint density at radius 3 is 2.58 bits per heavy atom. The number of hydrogen-bond acceptors (Lipinski definition) is 2. The summed E-state index contributed by atoms with van der Waals surface area (Å²) in [5, 5.41) is 0. The van der Waals surface area contributed by atoms with Gasteiger partial charge in [0, 0.05) is 24.4 Å². The lowest BCUT2D eigenvalue weighted by atomic mass is 9.75. The van der Waals surface area contributed by atoms with Crippen molar-refractivity contribution in [1.82, 2.24) is 9.80 Å². The maximum atomic E-state index is 12.8. The van der Waals surface area contributed by atoms with Gasteiger partial charge in [-0.05, 0) is 24.0 Å². The monoisotopic (exact) mass is 328 g/mol. The summed E-state index contributed by atoms with van der Waals surface area (Å²) in [4.78, 5) is 29.3. The SMILES string of the molecule is CCC(CC)C(=O)N1CC(=O)N2CC(C)(C)c3ccccc3C2C1. The van der Waals surface area contributed by atoms with E-state index in [0.29, 0.717) is 6.54 Å². The largest absolute Gasteiger partial charge is 0.331 e. The van der Waals surface area contributed by atoms with Crippen molar-refractivity contribution >= 4 is 11.8 Å². The molecule has 4 nitrogen and oxygen atoms in total. The van der Waals surface area contributed by atoms with E-state index in [4.69, 9.17) is 0 Å². The van der Waals surface area contributed by atoms with Crippen LogP contribution in [-0.2, 0) is 15.0 Å². The third kappa shape index (κ3) is 2.72. The molecule has 2 heterocycles. The van der Waals surface area contributed by atoms with Gasteiger partial charge in [-0.3, -0.25) is 9.59 Å². The van der Waals surface area contributed by atoms with Crippen LogP contribution in [0.5, 0.6) is 0 Å². The van der Waals surface area contributed by atoms with E-state index >= 15 is 0 Å². The predicted octanol–water partition coefficient (Wildman–Crippen LogP) is 3.13. The van der Waals surface area contributed by atoms with Crippen LogP contribution in [0.25, 0.3) is 0 Å². The van der Waals surface area contributed by atoms with Gasteiger partial charge in [-0.2, -0.15) is 0 Å². The summed E-state index contributed by atoms with van der Waals surface area (Å²) in [5.74, 6) is 0.239. The van der Waals surface area contributed by atoms with Crippen LogP contribution in [0.3, 0.4) is 0 Å². The van der Waals surface area contributed by atoms with Crippen molar-refractivity contribution < 1.29 is 9.59 Å². The minimum atomic E-state index is -0.0513. The van der Waals surface area contributed by atoms with Gasteiger partial charge in [-0.1, -0.05) is 52.0 Å². The summed E-state index contributed by atoms with van der Waals surface area (Å²) in [6.07, 6.45) is 1.66. The van der Waals surface area contributed by atoms with Gasteiger partial charge < -0.3 is 9.80 Å². The first-order valence-electron chi connectivity index (χ1n) is 9.06. The molecule has 1 aromatic rings. The number of carbonyl (C=O) groups excluding carboxylic acids is 2. The van der Waals surface area contributed by atoms with Crippen LogP contribution in [-0.4, -0.2) is 41.2 Å². The summed E-state index contributed by atoms with van der Waals surface area (Å²) in [6.45, 7) is 10.0. The fourth-order valence-electron chi connectivity index (χ4n) is 4.24. The van der Waals surface area contributed by atoms with Crippen molar-refractivity contribution in [2.24, 2.45) is 5.92 Å². The Hall–Kier alpha value is -1.84. The molecule has 0 saturated carbocycles. The average molecular weight is 328 g/mol. The highest BCUT2D eigenvalue weighted by molar-refractivity contribution is 5.88. The van der Waals surface area contributed by atoms with Crippen molar-refractivity contribution in [3.8, 4) is 0 Å². The molecule has 3 rings (SSSR count). The molecule has 0 aliphatic carbocycles. The summed E-state index contributed by atoms with van der Waals surface area (Å²) in [7, 11) is 0. The Balaban J connectivity index is 1.94. The molecule has 4 heteroatoms. The quantitative estimate of drug-likeness (QED) is 0.855. The number of amides is 2. The number of piperazine rings is 1. The third-order valence-corrected chi connectivity index (χ3v) is 5.68. The van der Waals surface area contributed by atoms with Crippen LogP contribution in [0.15, 0.2) is 24.3 Å². The zero-order valence-electron chi connectivity index (χ0n) is 15.2. The molecule has 0 aromatic heterocycles. The van der Waals surface area contributed by atoms with Gasteiger partial charge in [0.1, 0.15) is 0 Å². The fourth-order valence-corrected chi connectivity index (χ4v) is 4.24. The summed E-state index contributed by atoms with van der Waals surface area (Å²) in [5.41, 5.74) is 2.45. The molecule has 130 valence electrons. The normalized spacial score (nSPS) is 22.4. The molecular weight excluding hydrogens is 300 g/mol. The Kier molecular flexibility index (Phi) is 4.41. The van der Waals surface area contributed by atoms with E-state index in [1.54, 1.807) is 4.90 Å². The van der Waals surface area contributed by atoms with Crippen molar-refractivity contribution in [3.05, 3.63) is 35.4 Å². The van der Waals surface area contributed by atoms with Crippen molar-refractivity contribution in [3.63, 3.8) is 0 Å². The van der Waals surface area contributed by atoms with E-state index < -0.39 is 0 Å². The van der Waals surface area contributed by atoms with E-state index in [0.717, 1.165) is 19.4 Å². The molecule has 0 bridgehead atoms. The summed E-state index contributed by atoms with van der Waals surface area (Å²) >= 11 is 0. The maximum absolute atomic E-state index is 12.8. The number of benzene rings is 1. The average Bonchev–Trinajstić information content (AvgIpc) is 2.57. The van der Waals surface area contributed by atoms with Gasteiger partial charge in [-0.15, -0.1) is 0 Å². The predicted molar refractivity (Wildman–Crippen MR) is 94.6 cm³/mol. The lowest BCUT2D eigenvalue weighted by molar-refractivity contribution is -0.152. The molecular formula is C20H28N2O2. The second-order valence-corrected chi connectivity index (χ2v) is 7.74. The minimum absolute atomic E-state index is 0.00575. The number of fused-ring (bicyclic) bond motifs is 3. The Labute approximate surface area is 144 Å². The molecule has 24 heavy (non-hydrogen) atoms. The van der Waals surface area contributed by atoms with E-state index in [9.17, 15) is 9.59 Å². The lowest BCUT2D eigenvalue weighted by Gasteiger charge is -2.50. The first-order valence-corrected chi connectivity index (χ1v) is 9.06. The van der Waals surface area contributed by atoms with Gasteiger partial charge in [0.05, 0.1) is 12.6 Å². The molecule has 1 unspecified atom stereocenters. The van der Waals surface area contributed by atoms with Crippen molar-refractivity contribution in [1.29, 1.82) is 0 Å². The van der Waals surface area contributed by atoms with Gasteiger partial charge in [0.2, 0.25) is 11.8 Å². The van der Waals surface area contributed by atoms with Crippen LogP contribution in [0.1, 0.15) is 57.7 Å². The van der Waals surface area contributed by atoms with Crippen LogP contribution < -0.4 is 0 Å². The highest BCUT2D eigenvalue weighted by atomic mass is 16.2. The first-order chi connectivity index (χ1) is 11.4. The van der Waals surface area contributed by atoms with E-state index in [2.05, 4.69) is 32.0 Å². The fraction of sp³-hybridized carbons (Fsp3) is 0.600. The molecule has 2 aliphatic heterocycles. The zero-order chi connectivity index (χ0) is 17.5. The number of rotatable bonds is 3. The van der Waals surface area contributed by atoms with Gasteiger partial charge in [-0.25, -0.2) is 0 Å². The molecule has 0 spiro atoms. The number of carbonyl (C=O) groups is 2. The Morgan fingerprint density at radius 1 is 1.25 bits per heavy atom. The smallest absolute Gasteiger partial charge is 0.242 e. The molecule has 1 fully saturated rings. The van der Waals surface area contributed by atoms with Crippen molar-refractivity contribution in [2.75, 3.05) is 19.6 Å². The van der Waals surface area contributed by atoms with Gasteiger partial charge >= 0.3 is 0 Å². The minimum Gasteiger partial charge on any atom is -0.331 e. The molecule has 1 saturated heterocycles. The second-order valence-electron chi connectivity index (χ2n) is 7.74. The van der Waals surface area contributed by atoms with Crippen LogP contribution >= 0.6 is 0 Å². The molecule has 2 amide bonds.